The molecule has 0 spiro atoms. The normalized spacial score (nSPS) is 18.1. The summed E-state index contributed by atoms with van der Waals surface area (Å²) in [5.74, 6) is 0. The lowest BCUT2D eigenvalue weighted by Gasteiger charge is -2.07. The van der Waals surface area contributed by atoms with Crippen LogP contribution in [0.5, 0.6) is 0 Å². The molecule has 0 radical (unpaired) electrons. The van der Waals surface area contributed by atoms with Crippen LogP contribution in [0.1, 0.15) is 36.2 Å². The molecule has 1 atom stereocenters. The van der Waals surface area contributed by atoms with E-state index in [-0.39, 0.29) is 6.04 Å². The van der Waals surface area contributed by atoms with Crippen LogP contribution in [0.3, 0.4) is 0 Å². The molecule has 1 aromatic heterocycles. The van der Waals surface area contributed by atoms with Crippen LogP contribution >= 0.6 is 0 Å². The van der Waals surface area contributed by atoms with Crippen LogP contribution in [0, 0.1) is 6.92 Å². The highest BCUT2D eigenvalue weighted by Crippen LogP contribution is 2.33. The molecule has 0 bridgehead atoms. The summed E-state index contributed by atoms with van der Waals surface area (Å²) < 4.78 is 2.04. The molecule has 1 unspecified atom stereocenters. The average molecular weight is 241 g/mol. The van der Waals surface area contributed by atoms with Gasteiger partial charge in [-0.05, 0) is 43.4 Å². The number of rotatable bonds is 2. The molecule has 1 heterocycles. The Morgan fingerprint density at radius 1 is 1.44 bits per heavy atom. The third-order valence-electron chi connectivity index (χ3n) is 3.98. The summed E-state index contributed by atoms with van der Waals surface area (Å²) in [6, 6.07) is 6.87. The zero-order valence-corrected chi connectivity index (χ0v) is 11.0. The fourth-order valence-electron chi connectivity index (χ4n) is 2.87. The van der Waals surface area contributed by atoms with E-state index < -0.39 is 0 Å². The molecule has 3 nitrogen and oxygen atoms in total. The number of benzene rings is 1. The van der Waals surface area contributed by atoms with E-state index in [1.807, 2.05) is 10.9 Å². The van der Waals surface area contributed by atoms with Gasteiger partial charge in [0.15, 0.2) is 0 Å². The Kier molecular flexibility index (Phi) is 2.71. The lowest BCUT2D eigenvalue weighted by atomic mass is 10.0. The molecule has 1 aliphatic rings. The van der Waals surface area contributed by atoms with Gasteiger partial charge in [-0.1, -0.05) is 18.2 Å². The number of hydrogen-bond acceptors (Lipinski definition) is 2. The number of nitrogens with zero attached hydrogens (tertiary/aromatic N) is 2. The number of hydrogen-bond donors (Lipinski definition) is 1. The van der Waals surface area contributed by atoms with Gasteiger partial charge in [0.1, 0.15) is 0 Å². The number of fused-ring (bicyclic) bond motifs is 1. The molecule has 2 aromatic rings. The second kappa shape index (κ2) is 4.25. The first-order valence-corrected chi connectivity index (χ1v) is 6.62. The van der Waals surface area contributed by atoms with Crippen molar-refractivity contribution in [1.29, 1.82) is 0 Å². The summed E-state index contributed by atoms with van der Waals surface area (Å²) in [7, 11) is 0. The van der Waals surface area contributed by atoms with Crippen LogP contribution in [0.2, 0.25) is 0 Å². The molecule has 0 saturated carbocycles. The highest BCUT2D eigenvalue weighted by molar-refractivity contribution is 5.67. The predicted molar refractivity (Wildman–Crippen MR) is 73.3 cm³/mol. The van der Waals surface area contributed by atoms with E-state index in [1.165, 1.54) is 27.9 Å². The Hall–Kier alpha value is -1.61. The Morgan fingerprint density at radius 2 is 2.28 bits per heavy atom. The standard InChI is InChI=1S/C15H19N3/c1-3-18-10(2)14(9-17-18)12-4-6-13-11(8-12)5-7-15(13)16/h4,6,8-9,15H,3,5,7,16H2,1-2H3. The van der Waals surface area contributed by atoms with Crippen LogP contribution in [-0.4, -0.2) is 9.78 Å². The SMILES string of the molecule is CCn1ncc(-c2ccc3c(c2)CCC3N)c1C. The smallest absolute Gasteiger partial charge is 0.0571 e. The minimum atomic E-state index is 0.230. The molecule has 94 valence electrons. The monoisotopic (exact) mass is 241 g/mol. The maximum atomic E-state index is 6.07. The molecule has 3 heteroatoms. The molecule has 2 N–H and O–H groups in total. The van der Waals surface area contributed by atoms with Crippen LogP contribution in [-0.2, 0) is 13.0 Å². The van der Waals surface area contributed by atoms with Crippen LogP contribution < -0.4 is 5.73 Å². The Balaban J connectivity index is 2.05. The first-order valence-electron chi connectivity index (χ1n) is 6.62. The summed E-state index contributed by atoms with van der Waals surface area (Å²) in [6.45, 7) is 5.16. The second-order valence-electron chi connectivity index (χ2n) is 5.02. The largest absolute Gasteiger partial charge is 0.324 e. The highest BCUT2D eigenvalue weighted by Gasteiger charge is 2.19. The molecule has 0 fully saturated rings. The third kappa shape index (κ3) is 1.66. The van der Waals surface area contributed by atoms with E-state index in [2.05, 4.69) is 37.1 Å². The van der Waals surface area contributed by atoms with Gasteiger partial charge in [0.2, 0.25) is 0 Å². The van der Waals surface area contributed by atoms with Gasteiger partial charge in [0.25, 0.3) is 0 Å². The summed E-state index contributed by atoms with van der Waals surface area (Å²) in [4.78, 5) is 0. The molecule has 1 aromatic carbocycles. The first-order chi connectivity index (χ1) is 8.70. The number of aryl methyl sites for hydroxylation is 2. The molecule has 0 aliphatic heterocycles. The topological polar surface area (TPSA) is 43.8 Å². The van der Waals surface area contributed by atoms with Crippen molar-refractivity contribution in [1.82, 2.24) is 9.78 Å². The fourth-order valence-corrected chi connectivity index (χ4v) is 2.87. The lowest BCUT2D eigenvalue weighted by Crippen LogP contribution is -2.04. The highest BCUT2D eigenvalue weighted by atomic mass is 15.3. The van der Waals surface area contributed by atoms with E-state index in [0.29, 0.717) is 0 Å². The number of nitrogens with two attached hydrogens (primary N) is 1. The molecular formula is C15H19N3. The van der Waals surface area contributed by atoms with Gasteiger partial charge in [0, 0.05) is 23.8 Å². The van der Waals surface area contributed by atoms with E-state index in [0.717, 1.165) is 19.4 Å². The zero-order chi connectivity index (χ0) is 12.7. The van der Waals surface area contributed by atoms with Crippen molar-refractivity contribution in [2.75, 3.05) is 0 Å². The van der Waals surface area contributed by atoms with E-state index in [4.69, 9.17) is 5.73 Å². The summed E-state index contributed by atoms with van der Waals surface area (Å²) in [6.07, 6.45) is 4.15. The molecule has 3 rings (SSSR count). The summed E-state index contributed by atoms with van der Waals surface area (Å²) >= 11 is 0. The average Bonchev–Trinajstić information content (AvgIpc) is 2.93. The lowest BCUT2D eigenvalue weighted by molar-refractivity contribution is 0.640. The van der Waals surface area contributed by atoms with E-state index in [9.17, 15) is 0 Å². The Morgan fingerprint density at radius 3 is 3.00 bits per heavy atom. The molecule has 1 aliphatic carbocycles. The quantitative estimate of drug-likeness (QED) is 0.878. The van der Waals surface area contributed by atoms with Crippen LogP contribution in [0.15, 0.2) is 24.4 Å². The first kappa shape index (κ1) is 11.5. The molecule has 0 saturated heterocycles. The Bertz CT molecular complexity index is 583. The van der Waals surface area contributed by atoms with Crippen molar-refractivity contribution in [3.63, 3.8) is 0 Å². The van der Waals surface area contributed by atoms with Crippen LogP contribution in [0.4, 0.5) is 0 Å². The van der Waals surface area contributed by atoms with Crippen molar-refractivity contribution < 1.29 is 0 Å². The van der Waals surface area contributed by atoms with Gasteiger partial charge in [-0.25, -0.2) is 0 Å². The summed E-state index contributed by atoms with van der Waals surface area (Å²) in [5.41, 5.74) is 12.5. The molecule has 18 heavy (non-hydrogen) atoms. The van der Waals surface area contributed by atoms with Crippen molar-refractivity contribution in [3.8, 4) is 11.1 Å². The minimum Gasteiger partial charge on any atom is -0.324 e. The van der Waals surface area contributed by atoms with Crippen molar-refractivity contribution in [2.24, 2.45) is 5.73 Å². The van der Waals surface area contributed by atoms with E-state index >= 15 is 0 Å². The van der Waals surface area contributed by atoms with Crippen molar-refractivity contribution in [2.45, 2.75) is 39.3 Å². The maximum Gasteiger partial charge on any atom is 0.0571 e. The fraction of sp³-hybridized carbons (Fsp3) is 0.400. The van der Waals surface area contributed by atoms with E-state index in [1.54, 1.807) is 0 Å². The van der Waals surface area contributed by atoms with Gasteiger partial charge in [-0.2, -0.15) is 5.10 Å². The van der Waals surface area contributed by atoms with Crippen molar-refractivity contribution >= 4 is 0 Å². The zero-order valence-electron chi connectivity index (χ0n) is 11.0. The molecule has 0 amide bonds. The van der Waals surface area contributed by atoms with Crippen molar-refractivity contribution in [3.05, 3.63) is 41.2 Å². The Labute approximate surface area is 108 Å². The third-order valence-corrected chi connectivity index (χ3v) is 3.98. The molecular weight excluding hydrogens is 222 g/mol. The van der Waals surface area contributed by atoms with Gasteiger partial charge in [-0.3, -0.25) is 4.68 Å². The maximum absolute atomic E-state index is 6.07. The van der Waals surface area contributed by atoms with Gasteiger partial charge in [0.05, 0.1) is 6.20 Å². The second-order valence-corrected chi connectivity index (χ2v) is 5.02. The van der Waals surface area contributed by atoms with Gasteiger partial charge >= 0.3 is 0 Å². The summed E-state index contributed by atoms with van der Waals surface area (Å²) in [5, 5.41) is 4.41. The van der Waals surface area contributed by atoms with Gasteiger partial charge < -0.3 is 5.73 Å². The van der Waals surface area contributed by atoms with Crippen LogP contribution in [0.25, 0.3) is 11.1 Å². The predicted octanol–water partition coefficient (Wildman–Crippen LogP) is 2.82. The number of aromatic nitrogens is 2. The van der Waals surface area contributed by atoms with Gasteiger partial charge in [-0.15, -0.1) is 0 Å². The minimum absolute atomic E-state index is 0.230.